The van der Waals surface area contributed by atoms with Gasteiger partial charge < -0.3 is 19.3 Å². The molecule has 1 aliphatic heterocycles. The Bertz CT molecular complexity index is 444. The van der Waals surface area contributed by atoms with Gasteiger partial charge in [0, 0.05) is 20.1 Å². The van der Waals surface area contributed by atoms with Crippen LogP contribution in [0.25, 0.3) is 0 Å². The Morgan fingerprint density at radius 2 is 2.37 bits per heavy atom. The molecule has 0 unspecified atom stereocenters. The predicted molar refractivity (Wildman–Crippen MR) is 67.5 cm³/mol. The highest BCUT2D eigenvalue weighted by atomic mass is 16.3. The molecule has 2 amide bonds. The SMILES string of the molecule is CN(CC(=O)N1CCC[C@H](O)C1)C(=O)c1ccco1. The molecular weight excluding hydrogens is 248 g/mol. The van der Waals surface area contributed by atoms with E-state index in [4.69, 9.17) is 4.42 Å². The number of carbonyl (C=O) groups excluding carboxylic acids is 2. The molecule has 104 valence electrons. The molecule has 1 saturated heterocycles. The molecule has 1 aromatic rings. The third kappa shape index (κ3) is 3.35. The van der Waals surface area contributed by atoms with Crippen LogP contribution >= 0.6 is 0 Å². The number of likely N-dealkylation sites (tertiary alicyclic amines) is 1. The zero-order valence-corrected chi connectivity index (χ0v) is 10.9. The molecule has 6 heteroatoms. The maximum atomic E-state index is 12.0. The molecule has 1 aliphatic rings. The molecule has 6 nitrogen and oxygen atoms in total. The van der Waals surface area contributed by atoms with E-state index in [2.05, 4.69) is 0 Å². The maximum absolute atomic E-state index is 12.0. The van der Waals surface area contributed by atoms with E-state index in [1.54, 1.807) is 24.1 Å². The van der Waals surface area contributed by atoms with Gasteiger partial charge in [0.2, 0.25) is 5.91 Å². The number of β-amino-alcohol motifs (C(OH)–C–C–N with tert-alkyl or cyclic N) is 1. The minimum atomic E-state index is -0.455. The van der Waals surface area contributed by atoms with Gasteiger partial charge in [-0.05, 0) is 25.0 Å². The van der Waals surface area contributed by atoms with Crippen LogP contribution in [0.5, 0.6) is 0 Å². The highest BCUT2D eigenvalue weighted by Crippen LogP contribution is 2.11. The highest BCUT2D eigenvalue weighted by molar-refractivity contribution is 5.94. The average molecular weight is 266 g/mol. The number of amides is 2. The van der Waals surface area contributed by atoms with Gasteiger partial charge in [0.15, 0.2) is 5.76 Å². The van der Waals surface area contributed by atoms with Gasteiger partial charge in [-0.25, -0.2) is 0 Å². The van der Waals surface area contributed by atoms with Crippen molar-refractivity contribution in [2.24, 2.45) is 0 Å². The quantitative estimate of drug-likeness (QED) is 0.856. The van der Waals surface area contributed by atoms with Crippen molar-refractivity contribution in [3.63, 3.8) is 0 Å². The van der Waals surface area contributed by atoms with Crippen LogP contribution in [0, 0.1) is 0 Å². The number of piperidine rings is 1. The molecule has 1 aromatic heterocycles. The Morgan fingerprint density at radius 1 is 1.58 bits per heavy atom. The van der Waals surface area contributed by atoms with Crippen LogP contribution in [0.15, 0.2) is 22.8 Å². The molecule has 1 atom stereocenters. The monoisotopic (exact) mass is 266 g/mol. The third-order valence-corrected chi connectivity index (χ3v) is 3.20. The van der Waals surface area contributed by atoms with Gasteiger partial charge in [-0.1, -0.05) is 0 Å². The van der Waals surface area contributed by atoms with Crippen molar-refractivity contribution in [3.05, 3.63) is 24.2 Å². The molecule has 19 heavy (non-hydrogen) atoms. The van der Waals surface area contributed by atoms with Crippen molar-refractivity contribution < 1.29 is 19.1 Å². The normalized spacial score (nSPS) is 19.3. The van der Waals surface area contributed by atoms with Gasteiger partial charge >= 0.3 is 0 Å². The predicted octanol–water partition coefficient (Wildman–Crippen LogP) is 0.335. The molecule has 2 heterocycles. The van der Waals surface area contributed by atoms with E-state index >= 15 is 0 Å². The van der Waals surface area contributed by atoms with Gasteiger partial charge in [-0.2, -0.15) is 0 Å². The minimum Gasteiger partial charge on any atom is -0.459 e. The summed E-state index contributed by atoms with van der Waals surface area (Å²) >= 11 is 0. The summed E-state index contributed by atoms with van der Waals surface area (Å²) in [6.07, 6.45) is 2.49. The van der Waals surface area contributed by atoms with Crippen LogP contribution in [0.1, 0.15) is 23.4 Å². The number of furan rings is 1. The second kappa shape index (κ2) is 5.88. The summed E-state index contributed by atoms with van der Waals surface area (Å²) < 4.78 is 5.00. The summed E-state index contributed by atoms with van der Waals surface area (Å²) in [5, 5.41) is 9.53. The number of aliphatic hydroxyl groups excluding tert-OH is 1. The Kier molecular flexibility index (Phi) is 4.21. The van der Waals surface area contributed by atoms with Crippen molar-refractivity contribution in [1.82, 2.24) is 9.80 Å². The smallest absolute Gasteiger partial charge is 0.289 e. The van der Waals surface area contributed by atoms with Gasteiger partial charge in [-0.3, -0.25) is 9.59 Å². The fraction of sp³-hybridized carbons (Fsp3) is 0.538. The molecule has 0 aliphatic carbocycles. The summed E-state index contributed by atoms with van der Waals surface area (Å²) in [6, 6.07) is 3.19. The summed E-state index contributed by atoms with van der Waals surface area (Å²) in [6.45, 7) is 0.979. The van der Waals surface area contributed by atoms with E-state index < -0.39 is 6.10 Å². The van der Waals surface area contributed by atoms with Crippen molar-refractivity contribution in [1.29, 1.82) is 0 Å². The average Bonchev–Trinajstić information content (AvgIpc) is 2.91. The zero-order valence-electron chi connectivity index (χ0n) is 10.9. The Hall–Kier alpha value is -1.82. The fourth-order valence-corrected chi connectivity index (χ4v) is 2.14. The lowest BCUT2D eigenvalue weighted by Crippen LogP contribution is -2.46. The van der Waals surface area contributed by atoms with Gasteiger partial charge in [-0.15, -0.1) is 0 Å². The molecule has 0 bridgehead atoms. The molecule has 0 aromatic carbocycles. The van der Waals surface area contributed by atoms with Crippen molar-refractivity contribution in [2.75, 3.05) is 26.7 Å². The number of carbonyl (C=O) groups is 2. The van der Waals surface area contributed by atoms with E-state index in [1.807, 2.05) is 0 Å². The van der Waals surface area contributed by atoms with Crippen molar-refractivity contribution in [2.45, 2.75) is 18.9 Å². The summed E-state index contributed by atoms with van der Waals surface area (Å²) in [5.41, 5.74) is 0. The second-order valence-corrected chi connectivity index (χ2v) is 4.77. The number of hydrogen-bond donors (Lipinski definition) is 1. The molecule has 0 saturated carbocycles. The van der Waals surface area contributed by atoms with E-state index in [0.717, 1.165) is 12.8 Å². The van der Waals surface area contributed by atoms with Crippen LogP contribution < -0.4 is 0 Å². The van der Waals surface area contributed by atoms with Gasteiger partial charge in [0.25, 0.3) is 5.91 Å². The van der Waals surface area contributed by atoms with E-state index in [-0.39, 0.29) is 24.1 Å². The lowest BCUT2D eigenvalue weighted by atomic mass is 10.1. The highest BCUT2D eigenvalue weighted by Gasteiger charge is 2.24. The van der Waals surface area contributed by atoms with E-state index in [1.165, 1.54) is 11.2 Å². The third-order valence-electron chi connectivity index (χ3n) is 3.20. The second-order valence-electron chi connectivity index (χ2n) is 4.77. The van der Waals surface area contributed by atoms with Gasteiger partial charge in [0.1, 0.15) is 0 Å². The first-order valence-electron chi connectivity index (χ1n) is 6.32. The number of aliphatic hydroxyl groups is 1. The van der Waals surface area contributed by atoms with E-state index in [9.17, 15) is 14.7 Å². The lowest BCUT2D eigenvalue weighted by molar-refractivity contribution is -0.134. The lowest BCUT2D eigenvalue weighted by Gasteiger charge is -2.31. The first-order chi connectivity index (χ1) is 9.08. The number of rotatable bonds is 3. The summed E-state index contributed by atoms with van der Waals surface area (Å²) in [7, 11) is 1.56. The Morgan fingerprint density at radius 3 is 3.00 bits per heavy atom. The topological polar surface area (TPSA) is 74.0 Å². The number of likely N-dealkylation sites (N-methyl/N-ethyl adjacent to an activating group) is 1. The first-order valence-corrected chi connectivity index (χ1v) is 6.32. The molecule has 1 fully saturated rings. The largest absolute Gasteiger partial charge is 0.459 e. The van der Waals surface area contributed by atoms with Crippen molar-refractivity contribution in [3.8, 4) is 0 Å². The van der Waals surface area contributed by atoms with Crippen LogP contribution in [0.2, 0.25) is 0 Å². The zero-order chi connectivity index (χ0) is 13.8. The van der Waals surface area contributed by atoms with Gasteiger partial charge in [0.05, 0.1) is 18.9 Å². The maximum Gasteiger partial charge on any atom is 0.289 e. The molecule has 1 N–H and O–H groups in total. The number of nitrogens with zero attached hydrogens (tertiary/aromatic N) is 2. The molecule has 0 radical (unpaired) electrons. The number of hydrogen-bond acceptors (Lipinski definition) is 4. The molecular formula is C13H18N2O4. The minimum absolute atomic E-state index is 0.00769. The summed E-state index contributed by atoms with van der Waals surface area (Å²) in [5.74, 6) is -0.258. The van der Waals surface area contributed by atoms with Crippen LogP contribution in [-0.2, 0) is 4.79 Å². The Balaban J connectivity index is 1.89. The first kappa shape index (κ1) is 13.6. The van der Waals surface area contributed by atoms with Crippen LogP contribution in [0.4, 0.5) is 0 Å². The summed E-state index contributed by atoms with van der Waals surface area (Å²) in [4.78, 5) is 26.8. The Labute approximate surface area is 111 Å². The van der Waals surface area contributed by atoms with Crippen LogP contribution in [0.3, 0.4) is 0 Å². The molecule has 2 rings (SSSR count). The van der Waals surface area contributed by atoms with Crippen molar-refractivity contribution >= 4 is 11.8 Å². The standard InChI is InChI=1S/C13H18N2O4/c1-14(13(18)11-5-3-7-19-11)9-12(17)15-6-2-4-10(16)8-15/h3,5,7,10,16H,2,4,6,8-9H2,1H3/t10-/m0/s1. The van der Waals surface area contributed by atoms with Crippen LogP contribution in [-0.4, -0.2) is 59.5 Å². The van der Waals surface area contributed by atoms with E-state index in [0.29, 0.717) is 13.1 Å². The molecule has 0 spiro atoms. The fourth-order valence-electron chi connectivity index (χ4n) is 2.14.